The summed E-state index contributed by atoms with van der Waals surface area (Å²) in [5, 5.41) is 3.11. The van der Waals surface area contributed by atoms with Gasteiger partial charge in [0, 0.05) is 25.1 Å². The summed E-state index contributed by atoms with van der Waals surface area (Å²) in [5.74, 6) is 0.301. The molecule has 0 radical (unpaired) electrons. The molecule has 23 heavy (non-hydrogen) atoms. The Balaban J connectivity index is 1.92. The van der Waals surface area contributed by atoms with Crippen LogP contribution in [0.5, 0.6) is 0 Å². The number of carbonyl (C=O) groups is 1. The van der Waals surface area contributed by atoms with Crippen LogP contribution in [0.25, 0.3) is 0 Å². The topological polar surface area (TPSA) is 58.1 Å². The predicted octanol–water partition coefficient (Wildman–Crippen LogP) is 2.42. The van der Waals surface area contributed by atoms with E-state index in [2.05, 4.69) is 29.1 Å². The molecule has 0 spiro atoms. The summed E-state index contributed by atoms with van der Waals surface area (Å²) in [6.45, 7) is 5.17. The van der Waals surface area contributed by atoms with Crippen LogP contribution >= 0.6 is 0 Å². The molecule has 0 saturated heterocycles. The molecule has 2 rings (SSSR count). The van der Waals surface area contributed by atoms with Crippen LogP contribution < -0.4 is 5.32 Å². The number of nitrogens with one attached hydrogen (secondary N) is 1. The molecule has 0 bridgehead atoms. The highest BCUT2D eigenvalue weighted by molar-refractivity contribution is 5.78. The maximum atomic E-state index is 12.3. The van der Waals surface area contributed by atoms with E-state index in [-0.39, 0.29) is 11.9 Å². The fourth-order valence-electron chi connectivity index (χ4n) is 2.48. The van der Waals surface area contributed by atoms with Crippen LogP contribution in [0.2, 0.25) is 0 Å². The number of hydrogen-bond acceptors (Lipinski definition) is 4. The summed E-state index contributed by atoms with van der Waals surface area (Å²) in [5.41, 5.74) is 1.98. The van der Waals surface area contributed by atoms with E-state index in [1.807, 2.05) is 48.5 Å². The van der Waals surface area contributed by atoms with Crippen molar-refractivity contribution in [3.63, 3.8) is 0 Å². The van der Waals surface area contributed by atoms with Crippen LogP contribution in [0.3, 0.4) is 0 Å². The molecule has 5 heteroatoms. The number of carbonyl (C=O) groups excluding carboxylic acids is 1. The minimum atomic E-state index is -0.0283. The highest BCUT2D eigenvalue weighted by Gasteiger charge is 2.19. The van der Waals surface area contributed by atoms with Gasteiger partial charge in [0.2, 0.25) is 5.91 Å². The quantitative estimate of drug-likeness (QED) is 0.853. The molecule has 0 unspecified atom stereocenters. The number of hydrogen-bond donors (Lipinski definition) is 1. The fraction of sp³-hybridized carbons (Fsp3) is 0.389. The molecule has 5 nitrogen and oxygen atoms in total. The third kappa shape index (κ3) is 5.45. The summed E-state index contributed by atoms with van der Waals surface area (Å²) in [6.07, 6.45) is 5.31. The van der Waals surface area contributed by atoms with Gasteiger partial charge < -0.3 is 5.32 Å². The first kappa shape index (κ1) is 17.1. The zero-order chi connectivity index (χ0) is 16.7. The second-order valence-electron chi connectivity index (χ2n) is 6.07. The maximum Gasteiger partial charge on any atom is 0.234 e. The normalized spacial score (nSPS) is 12.4. The van der Waals surface area contributed by atoms with Crippen LogP contribution in [0.15, 0.2) is 48.9 Å². The van der Waals surface area contributed by atoms with Gasteiger partial charge in [0.15, 0.2) is 0 Å². The second kappa shape index (κ2) is 8.39. The average Bonchev–Trinajstić information content (AvgIpc) is 2.54. The molecule has 1 atom stereocenters. The Morgan fingerprint density at radius 2 is 2.04 bits per heavy atom. The first-order chi connectivity index (χ1) is 11.1. The van der Waals surface area contributed by atoms with Crippen LogP contribution in [-0.4, -0.2) is 34.4 Å². The van der Waals surface area contributed by atoms with Crippen LogP contribution in [-0.2, 0) is 11.3 Å². The Labute approximate surface area is 137 Å². The Hall–Kier alpha value is -2.27. The number of amides is 1. The molecule has 2 heterocycles. The molecule has 122 valence electrons. The lowest BCUT2D eigenvalue weighted by Gasteiger charge is -2.24. The maximum absolute atomic E-state index is 12.3. The van der Waals surface area contributed by atoms with E-state index in [4.69, 9.17) is 0 Å². The lowest BCUT2D eigenvalue weighted by molar-refractivity contribution is -0.123. The summed E-state index contributed by atoms with van der Waals surface area (Å²) >= 11 is 0. The molecule has 2 aromatic heterocycles. The number of aromatic nitrogens is 2. The zero-order valence-electron chi connectivity index (χ0n) is 13.9. The summed E-state index contributed by atoms with van der Waals surface area (Å²) in [6, 6.07) is 9.66. The molecular formula is C18H24N4O. The van der Waals surface area contributed by atoms with Gasteiger partial charge in [-0.2, -0.15) is 0 Å². The van der Waals surface area contributed by atoms with Crippen molar-refractivity contribution in [3.8, 4) is 0 Å². The van der Waals surface area contributed by atoms with E-state index in [0.717, 1.165) is 11.3 Å². The third-order valence-corrected chi connectivity index (χ3v) is 3.60. The van der Waals surface area contributed by atoms with E-state index in [9.17, 15) is 4.79 Å². The van der Waals surface area contributed by atoms with E-state index in [0.29, 0.717) is 19.0 Å². The smallest absolute Gasteiger partial charge is 0.234 e. The molecule has 0 aliphatic rings. The molecule has 1 amide bonds. The van der Waals surface area contributed by atoms with Gasteiger partial charge in [-0.25, -0.2) is 0 Å². The number of nitrogens with zero attached hydrogens (tertiary/aromatic N) is 3. The summed E-state index contributed by atoms with van der Waals surface area (Å²) in [7, 11) is 1.92. The number of likely N-dealkylation sites (N-methyl/N-ethyl adjacent to an activating group) is 1. The SMILES string of the molecule is CC(C)[C@H](NC(=O)CN(C)Cc1ccccn1)c1cccnc1. The standard InChI is InChI=1S/C18H24N4O/c1-14(2)18(15-7-6-9-19-11-15)21-17(23)13-22(3)12-16-8-4-5-10-20-16/h4-11,14,18H,12-13H2,1-3H3,(H,21,23)/t18-/m0/s1. The minimum Gasteiger partial charge on any atom is -0.348 e. The van der Waals surface area contributed by atoms with Crippen molar-refractivity contribution in [1.29, 1.82) is 0 Å². The minimum absolute atomic E-state index is 0.00554. The number of rotatable bonds is 7. The van der Waals surface area contributed by atoms with Crippen molar-refractivity contribution >= 4 is 5.91 Å². The Kier molecular flexibility index (Phi) is 6.23. The molecule has 2 aromatic rings. The predicted molar refractivity (Wildman–Crippen MR) is 90.5 cm³/mol. The van der Waals surface area contributed by atoms with E-state index in [1.54, 1.807) is 12.4 Å². The largest absolute Gasteiger partial charge is 0.348 e. The van der Waals surface area contributed by atoms with Gasteiger partial charge in [-0.05, 0) is 36.7 Å². The van der Waals surface area contributed by atoms with E-state index >= 15 is 0 Å². The summed E-state index contributed by atoms with van der Waals surface area (Å²) in [4.78, 5) is 22.7. The van der Waals surface area contributed by atoms with E-state index < -0.39 is 0 Å². The van der Waals surface area contributed by atoms with Gasteiger partial charge in [-0.1, -0.05) is 26.0 Å². The van der Waals surface area contributed by atoms with E-state index in [1.165, 1.54) is 0 Å². The van der Waals surface area contributed by atoms with Gasteiger partial charge in [-0.15, -0.1) is 0 Å². The van der Waals surface area contributed by atoms with Crippen molar-refractivity contribution in [2.75, 3.05) is 13.6 Å². The van der Waals surface area contributed by atoms with Gasteiger partial charge in [0.1, 0.15) is 0 Å². The highest BCUT2D eigenvalue weighted by Crippen LogP contribution is 2.20. The van der Waals surface area contributed by atoms with Gasteiger partial charge >= 0.3 is 0 Å². The molecular weight excluding hydrogens is 288 g/mol. The van der Waals surface area contributed by atoms with Gasteiger partial charge in [0.25, 0.3) is 0 Å². The summed E-state index contributed by atoms with van der Waals surface area (Å²) < 4.78 is 0. The molecule has 0 aromatic carbocycles. The van der Waals surface area contributed by atoms with Crippen molar-refractivity contribution in [1.82, 2.24) is 20.2 Å². The number of pyridine rings is 2. The van der Waals surface area contributed by atoms with Crippen LogP contribution in [0.1, 0.15) is 31.1 Å². The fourth-order valence-corrected chi connectivity index (χ4v) is 2.48. The average molecular weight is 312 g/mol. The third-order valence-electron chi connectivity index (χ3n) is 3.60. The molecule has 0 fully saturated rings. The van der Waals surface area contributed by atoms with Crippen molar-refractivity contribution < 1.29 is 4.79 Å². The molecule has 1 N–H and O–H groups in total. The highest BCUT2D eigenvalue weighted by atomic mass is 16.2. The molecule has 0 aliphatic heterocycles. The Morgan fingerprint density at radius 3 is 2.65 bits per heavy atom. The first-order valence-corrected chi connectivity index (χ1v) is 7.84. The first-order valence-electron chi connectivity index (χ1n) is 7.84. The van der Waals surface area contributed by atoms with Crippen LogP contribution in [0, 0.1) is 5.92 Å². The molecule has 0 aliphatic carbocycles. The molecule has 0 saturated carbocycles. The second-order valence-corrected chi connectivity index (χ2v) is 6.07. The Morgan fingerprint density at radius 1 is 1.22 bits per heavy atom. The van der Waals surface area contributed by atoms with Crippen molar-refractivity contribution in [3.05, 3.63) is 60.2 Å². The van der Waals surface area contributed by atoms with Gasteiger partial charge in [-0.3, -0.25) is 19.7 Å². The van der Waals surface area contributed by atoms with Crippen molar-refractivity contribution in [2.45, 2.75) is 26.4 Å². The zero-order valence-corrected chi connectivity index (χ0v) is 13.9. The lowest BCUT2D eigenvalue weighted by Crippen LogP contribution is -2.38. The van der Waals surface area contributed by atoms with Crippen molar-refractivity contribution in [2.24, 2.45) is 5.92 Å². The lowest BCUT2D eigenvalue weighted by atomic mass is 9.97. The van der Waals surface area contributed by atoms with Crippen LogP contribution in [0.4, 0.5) is 0 Å². The van der Waals surface area contributed by atoms with Gasteiger partial charge in [0.05, 0.1) is 18.3 Å². The Bertz CT molecular complexity index is 601. The monoisotopic (exact) mass is 312 g/mol.